The second-order valence-corrected chi connectivity index (χ2v) is 3.88. The van der Waals surface area contributed by atoms with E-state index in [1.165, 1.54) is 0 Å². The van der Waals surface area contributed by atoms with Crippen LogP contribution in [0.5, 0.6) is 0 Å². The molecule has 0 aromatic heterocycles. The molecule has 0 radical (unpaired) electrons. The fourth-order valence-corrected chi connectivity index (χ4v) is 1.78. The maximum Gasteiger partial charge on any atom is 0.401 e. The summed E-state index contributed by atoms with van der Waals surface area (Å²) in [6.45, 7) is 0.561. The van der Waals surface area contributed by atoms with Crippen molar-refractivity contribution < 1.29 is 13.2 Å². The summed E-state index contributed by atoms with van der Waals surface area (Å²) >= 11 is 0. The lowest BCUT2D eigenvalue weighted by atomic mass is 10.0. The molecule has 14 heavy (non-hydrogen) atoms. The van der Waals surface area contributed by atoms with Crippen LogP contribution in [0.3, 0.4) is 0 Å². The van der Waals surface area contributed by atoms with E-state index in [0.29, 0.717) is 6.54 Å². The molecule has 0 bridgehead atoms. The summed E-state index contributed by atoms with van der Waals surface area (Å²) < 4.78 is 35.5. The first-order chi connectivity index (χ1) is 6.49. The van der Waals surface area contributed by atoms with Gasteiger partial charge in [0, 0.05) is 12.6 Å². The molecule has 0 aliphatic carbocycles. The Morgan fingerprint density at radius 1 is 1.36 bits per heavy atom. The van der Waals surface area contributed by atoms with Gasteiger partial charge in [0.1, 0.15) is 0 Å². The van der Waals surface area contributed by atoms with Crippen LogP contribution in [0.4, 0.5) is 13.2 Å². The average molecular weight is 210 g/mol. The summed E-state index contributed by atoms with van der Waals surface area (Å²) in [7, 11) is 1.97. The Morgan fingerprint density at radius 2 is 2.07 bits per heavy atom. The molecule has 1 atom stereocenters. The van der Waals surface area contributed by atoms with Gasteiger partial charge in [0.2, 0.25) is 0 Å². The molecule has 5 heteroatoms. The zero-order valence-electron chi connectivity index (χ0n) is 8.40. The summed E-state index contributed by atoms with van der Waals surface area (Å²) in [5.41, 5.74) is 0. The van der Waals surface area contributed by atoms with Crippen molar-refractivity contribution in [2.75, 3.05) is 26.7 Å². The van der Waals surface area contributed by atoms with Crippen molar-refractivity contribution in [1.82, 2.24) is 10.2 Å². The van der Waals surface area contributed by atoms with Gasteiger partial charge in [-0.3, -0.25) is 0 Å². The largest absolute Gasteiger partial charge is 0.401 e. The molecule has 1 aliphatic rings. The van der Waals surface area contributed by atoms with E-state index in [2.05, 4.69) is 10.2 Å². The van der Waals surface area contributed by atoms with Crippen molar-refractivity contribution in [3.8, 4) is 0 Å². The smallest absolute Gasteiger partial charge is 0.307 e. The molecule has 1 heterocycles. The second-order valence-electron chi connectivity index (χ2n) is 3.88. The summed E-state index contributed by atoms with van der Waals surface area (Å²) in [6, 6.07) is 0.270. The normalized spacial score (nSPS) is 25.3. The molecule has 0 aromatic rings. The van der Waals surface area contributed by atoms with Gasteiger partial charge in [0.05, 0.1) is 6.54 Å². The van der Waals surface area contributed by atoms with Crippen LogP contribution >= 0.6 is 0 Å². The number of nitrogens with one attached hydrogen (secondary N) is 1. The lowest BCUT2D eigenvalue weighted by Crippen LogP contribution is -2.44. The SMILES string of the molecule is CN1CCCCC1CNCC(F)(F)F. The molecule has 1 unspecified atom stereocenters. The molecular weight excluding hydrogens is 193 g/mol. The molecule has 2 nitrogen and oxygen atoms in total. The van der Waals surface area contributed by atoms with E-state index in [9.17, 15) is 13.2 Å². The number of hydrogen-bond donors (Lipinski definition) is 1. The number of likely N-dealkylation sites (N-methyl/N-ethyl adjacent to an activating group) is 1. The third kappa shape index (κ3) is 4.28. The number of hydrogen-bond acceptors (Lipinski definition) is 2. The van der Waals surface area contributed by atoms with E-state index >= 15 is 0 Å². The lowest BCUT2D eigenvalue weighted by Gasteiger charge is -2.32. The van der Waals surface area contributed by atoms with Gasteiger partial charge in [0.25, 0.3) is 0 Å². The Bertz CT molecular complexity index is 170. The van der Waals surface area contributed by atoms with E-state index in [-0.39, 0.29) is 6.04 Å². The van der Waals surface area contributed by atoms with Crippen LogP contribution < -0.4 is 5.32 Å². The van der Waals surface area contributed by atoms with Crippen LogP contribution in [-0.4, -0.2) is 43.8 Å². The Hall–Kier alpha value is -0.290. The summed E-state index contributed by atoms with van der Waals surface area (Å²) in [6.07, 6.45) is -0.802. The highest BCUT2D eigenvalue weighted by molar-refractivity contribution is 4.76. The topological polar surface area (TPSA) is 15.3 Å². The van der Waals surface area contributed by atoms with Gasteiger partial charge in [-0.05, 0) is 26.4 Å². The monoisotopic (exact) mass is 210 g/mol. The molecule has 0 saturated carbocycles. The van der Waals surface area contributed by atoms with E-state index < -0.39 is 12.7 Å². The molecule has 1 N–H and O–H groups in total. The highest BCUT2D eigenvalue weighted by Crippen LogP contribution is 2.15. The quantitative estimate of drug-likeness (QED) is 0.761. The van der Waals surface area contributed by atoms with Crippen LogP contribution in [0.15, 0.2) is 0 Å². The number of likely N-dealkylation sites (tertiary alicyclic amines) is 1. The molecule has 1 fully saturated rings. The Labute approximate surface area is 82.5 Å². The van der Waals surface area contributed by atoms with Gasteiger partial charge in [-0.1, -0.05) is 6.42 Å². The van der Waals surface area contributed by atoms with Crippen LogP contribution in [0.25, 0.3) is 0 Å². The zero-order valence-corrected chi connectivity index (χ0v) is 8.40. The average Bonchev–Trinajstić information content (AvgIpc) is 2.06. The van der Waals surface area contributed by atoms with Gasteiger partial charge in [0.15, 0.2) is 0 Å². The zero-order chi connectivity index (χ0) is 10.6. The first-order valence-electron chi connectivity index (χ1n) is 4.97. The minimum Gasteiger partial charge on any atom is -0.307 e. The van der Waals surface area contributed by atoms with E-state index in [1.807, 2.05) is 7.05 Å². The third-order valence-electron chi connectivity index (χ3n) is 2.63. The predicted octanol–water partition coefficient (Wildman–Crippen LogP) is 1.62. The number of rotatable bonds is 3. The van der Waals surface area contributed by atoms with E-state index in [0.717, 1.165) is 25.8 Å². The minimum absolute atomic E-state index is 0.270. The Balaban J connectivity index is 2.17. The number of halogens is 3. The number of piperidine rings is 1. The first kappa shape index (κ1) is 11.8. The van der Waals surface area contributed by atoms with Gasteiger partial charge < -0.3 is 10.2 Å². The molecule has 1 rings (SSSR count). The fraction of sp³-hybridized carbons (Fsp3) is 1.00. The second kappa shape index (κ2) is 4.98. The molecule has 0 spiro atoms. The van der Waals surface area contributed by atoms with Crippen LogP contribution in [-0.2, 0) is 0 Å². The fourth-order valence-electron chi connectivity index (χ4n) is 1.78. The van der Waals surface area contributed by atoms with Gasteiger partial charge in [-0.2, -0.15) is 13.2 Å². The lowest BCUT2D eigenvalue weighted by molar-refractivity contribution is -0.125. The number of nitrogens with zero attached hydrogens (tertiary/aromatic N) is 1. The summed E-state index contributed by atoms with van der Waals surface area (Å²) in [4.78, 5) is 2.13. The van der Waals surface area contributed by atoms with Crippen molar-refractivity contribution in [2.45, 2.75) is 31.5 Å². The molecular formula is C9H17F3N2. The van der Waals surface area contributed by atoms with Crippen LogP contribution in [0.2, 0.25) is 0 Å². The van der Waals surface area contributed by atoms with Crippen molar-refractivity contribution in [3.05, 3.63) is 0 Å². The molecule has 1 saturated heterocycles. The van der Waals surface area contributed by atoms with Crippen LogP contribution in [0.1, 0.15) is 19.3 Å². The van der Waals surface area contributed by atoms with E-state index in [1.54, 1.807) is 0 Å². The van der Waals surface area contributed by atoms with Gasteiger partial charge in [-0.25, -0.2) is 0 Å². The van der Waals surface area contributed by atoms with Crippen LogP contribution in [0, 0.1) is 0 Å². The van der Waals surface area contributed by atoms with Crippen molar-refractivity contribution in [1.29, 1.82) is 0 Å². The Morgan fingerprint density at radius 3 is 2.64 bits per heavy atom. The highest BCUT2D eigenvalue weighted by Gasteiger charge is 2.27. The van der Waals surface area contributed by atoms with Crippen molar-refractivity contribution in [2.24, 2.45) is 0 Å². The molecule has 0 aromatic carbocycles. The number of alkyl halides is 3. The maximum absolute atomic E-state index is 11.8. The minimum atomic E-state index is -4.09. The van der Waals surface area contributed by atoms with Crippen molar-refractivity contribution in [3.63, 3.8) is 0 Å². The summed E-state index contributed by atoms with van der Waals surface area (Å²) in [5.74, 6) is 0. The highest BCUT2D eigenvalue weighted by atomic mass is 19.4. The standard InChI is InChI=1S/C9H17F3N2/c1-14-5-3-2-4-8(14)6-13-7-9(10,11)12/h8,13H,2-7H2,1H3. The maximum atomic E-state index is 11.8. The molecule has 0 amide bonds. The molecule has 1 aliphatic heterocycles. The van der Waals surface area contributed by atoms with Gasteiger partial charge in [-0.15, -0.1) is 0 Å². The third-order valence-corrected chi connectivity index (χ3v) is 2.63. The van der Waals surface area contributed by atoms with Gasteiger partial charge >= 0.3 is 6.18 Å². The Kier molecular flexibility index (Phi) is 4.19. The van der Waals surface area contributed by atoms with Crippen molar-refractivity contribution >= 4 is 0 Å². The molecule has 84 valence electrons. The first-order valence-corrected chi connectivity index (χ1v) is 4.97. The van der Waals surface area contributed by atoms with E-state index in [4.69, 9.17) is 0 Å². The summed E-state index contributed by atoms with van der Waals surface area (Å²) in [5, 5.41) is 2.46. The predicted molar refractivity (Wildman–Crippen MR) is 49.2 cm³/mol.